The number of anilines is 2. The van der Waals surface area contributed by atoms with Crippen LogP contribution in [0.15, 0.2) is 24.5 Å². The van der Waals surface area contributed by atoms with E-state index in [1.54, 1.807) is 26.2 Å². The van der Waals surface area contributed by atoms with Gasteiger partial charge in [0.2, 0.25) is 5.95 Å². The number of hydrogen-bond acceptors (Lipinski definition) is 7. The molecule has 8 heteroatoms. The molecule has 0 atom stereocenters. The van der Waals surface area contributed by atoms with E-state index in [1.165, 1.54) is 0 Å². The molecular formula is C22H32N6O2. The fourth-order valence-electron chi connectivity index (χ4n) is 3.17. The van der Waals surface area contributed by atoms with Crippen molar-refractivity contribution in [3.8, 4) is 5.75 Å². The quantitative estimate of drug-likeness (QED) is 0.375. The standard InChI is InChI=1S/C22H32N6O2/c1-5-6-7-10-28-14-25-18-19(23-12-16-11-15(2)8-9-17(16)29)26-21(27-20(18)28)24-13-22(3,4)30/h8-9,11,14,29-30H,5-7,10,12-13H2,1-4H3,(H2,23,24,26,27). The van der Waals surface area contributed by atoms with E-state index in [2.05, 4.69) is 32.5 Å². The second kappa shape index (κ2) is 9.30. The molecule has 2 aromatic heterocycles. The molecule has 3 aromatic rings. The minimum atomic E-state index is -0.888. The molecule has 0 fully saturated rings. The van der Waals surface area contributed by atoms with E-state index in [4.69, 9.17) is 0 Å². The average molecular weight is 413 g/mol. The van der Waals surface area contributed by atoms with E-state index < -0.39 is 5.60 Å². The molecule has 0 saturated heterocycles. The topological polar surface area (TPSA) is 108 Å². The van der Waals surface area contributed by atoms with Crippen LogP contribution in [-0.4, -0.2) is 41.9 Å². The lowest BCUT2D eigenvalue weighted by Crippen LogP contribution is -2.30. The second-order valence-electron chi connectivity index (χ2n) is 8.36. The predicted molar refractivity (Wildman–Crippen MR) is 120 cm³/mol. The number of nitrogens with one attached hydrogen (secondary N) is 2. The van der Waals surface area contributed by atoms with Gasteiger partial charge in [0.25, 0.3) is 0 Å². The number of rotatable bonds is 10. The summed E-state index contributed by atoms with van der Waals surface area (Å²) in [6.45, 7) is 9.19. The summed E-state index contributed by atoms with van der Waals surface area (Å²) in [5.74, 6) is 1.26. The van der Waals surface area contributed by atoms with E-state index in [1.807, 2.05) is 23.6 Å². The van der Waals surface area contributed by atoms with Gasteiger partial charge in [-0.1, -0.05) is 37.5 Å². The van der Waals surface area contributed by atoms with E-state index in [0.29, 0.717) is 30.4 Å². The number of nitrogens with zero attached hydrogens (tertiary/aromatic N) is 4. The summed E-state index contributed by atoms with van der Waals surface area (Å²) in [6, 6.07) is 5.51. The van der Waals surface area contributed by atoms with E-state index in [-0.39, 0.29) is 5.75 Å². The van der Waals surface area contributed by atoms with E-state index in [0.717, 1.165) is 42.6 Å². The Bertz CT molecular complexity index is 993. The summed E-state index contributed by atoms with van der Waals surface area (Å²) in [4.78, 5) is 13.8. The summed E-state index contributed by atoms with van der Waals surface area (Å²) >= 11 is 0. The molecule has 0 saturated carbocycles. The van der Waals surface area contributed by atoms with Crippen LogP contribution in [0.2, 0.25) is 0 Å². The second-order valence-corrected chi connectivity index (χ2v) is 8.36. The lowest BCUT2D eigenvalue weighted by molar-refractivity contribution is 0.0943. The number of hydrogen-bond donors (Lipinski definition) is 4. The van der Waals surface area contributed by atoms with Gasteiger partial charge in [-0.2, -0.15) is 9.97 Å². The Kier molecular flexibility index (Phi) is 6.77. The first-order valence-electron chi connectivity index (χ1n) is 10.5. The molecule has 3 rings (SSSR count). The number of aromatic nitrogens is 4. The molecule has 162 valence electrons. The Labute approximate surface area is 177 Å². The van der Waals surface area contributed by atoms with Crippen molar-refractivity contribution in [3.63, 3.8) is 0 Å². The first kappa shape index (κ1) is 21.8. The summed E-state index contributed by atoms with van der Waals surface area (Å²) < 4.78 is 2.04. The molecule has 8 nitrogen and oxygen atoms in total. The molecular weight excluding hydrogens is 380 g/mol. The minimum absolute atomic E-state index is 0.240. The monoisotopic (exact) mass is 412 g/mol. The van der Waals surface area contributed by atoms with Gasteiger partial charge in [0.15, 0.2) is 17.0 Å². The van der Waals surface area contributed by atoms with Gasteiger partial charge in [0, 0.05) is 25.2 Å². The van der Waals surface area contributed by atoms with Crippen LogP contribution in [0.5, 0.6) is 5.75 Å². The number of benzene rings is 1. The lowest BCUT2D eigenvalue weighted by Gasteiger charge is -2.18. The summed E-state index contributed by atoms with van der Waals surface area (Å²) in [5.41, 5.74) is 2.41. The van der Waals surface area contributed by atoms with Gasteiger partial charge in [0.1, 0.15) is 5.75 Å². The highest BCUT2D eigenvalue weighted by atomic mass is 16.3. The van der Waals surface area contributed by atoms with Crippen molar-refractivity contribution in [1.82, 2.24) is 19.5 Å². The number of imidazole rings is 1. The molecule has 0 bridgehead atoms. The SMILES string of the molecule is CCCCCn1cnc2c(NCc3cc(C)ccc3O)nc(NCC(C)(C)O)nc21. The third-order valence-electron chi connectivity index (χ3n) is 4.83. The highest BCUT2D eigenvalue weighted by Crippen LogP contribution is 2.24. The fourth-order valence-corrected chi connectivity index (χ4v) is 3.17. The smallest absolute Gasteiger partial charge is 0.226 e. The van der Waals surface area contributed by atoms with Gasteiger partial charge in [-0.3, -0.25) is 0 Å². The summed E-state index contributed by atoms with van der Waals surface area (Å²) in [5, 5.41) is 26.6. The van der Waals surface area contributed by atoms with Crippen LogP contribution in [0.25, 0.3) is 11.2 Å². The largest absolute Gasteiger partial charge is 0.508 e. The van der Waals surface area contributed by atoms with Gasteiger partial charge >= 0.3 is 0 Å². The normalized spacial score (nSPS) is 11.8. The van der Waals surface area contributed by atoms with Crippen molar-refractivity contribution in [1.29, 1.82) is 0 Å². The Morgan fingerprint density at radius 3 is 2.67 bits per heavy atom. The number of phenols is 1. The molecule has 0 aliphatic rings. The number of phenolic OH excluding ortho intramolecular Hbond substituents is 1. The third kappa shape index (κ3) is 5.60. The van der Waals surface area contributed by atoms with Crippen LogP contribution in [-0.2, 0) is 13.1 Å². The molecule has 0 unspecified atom stereocenters. The van der Waals surface area contributed by atoms with Crippen LogP contribution in [0.1, 0.15) is 51.2 Å². The molecule has 0 spiro atoms. The van der Waals surface area contributed by atoms with Gasteiger partial charge in [-0.05, 0) is 33.3 Å². The Balaban J connectivity index is 1.90. The molecule has 4 N–H and O–H groups in total. The number of unbranched alkanes of at least 4 members (excludes halogenated alkanes) is 2. The maximum atomic E-state index is 10.1. The van der Waals surface area contributed by atoms with Crippen molar-refractivity contribution < 1.29 is 10.2 Å². The molecule has 0 aliphatic heterocycles. The molecule has 1 aromatic carbocycles. The Hall–Kier alpha value is -2.87. The molecule has 0 aliphatic carbocycles. The minimum Gasteiger partial charge on any atom is -0.508 e. The fraction of sp³-hybridized carbons (Fsp3) is 0.500. The van der Waals surface area contributed by atoms with Crippen LogP contribution in [0.4, 0.5) is 11.8 Å². The number of aryl methyl sites for hydroxylation is 2. The van der Waals surface area contributed by atoms with Crippen molar-refractivity contribution in [2.24, 2.45) is 0 Å². The zero-order chi connectivity index (χ0) is 21.7. The Morgan fingerprint density at radius 1 is 1.13 bits per heavy atom. The third-order valence-corrected chi connectivity index (χ3v) is 4.83. The molecule has 30 heavy (non-hydrogen) atoms. The highest BCUT2D eigenvalue weighted by Gasteiger charge is 2.17. The van der Waals surface area contributed by atoms with Crippen molar-refractivity contribution >= 4 is 22.9 Å². The number of fused-ring (bicyclic) bond motifs is 1. The van der Waals surface area contributed by atoms with Gasteiger partial charge in [0.05, 0.1) is 11.9 Å². The van der Waals surface area contributed by atoms with Gasteiger partial charge in [-0.15, -0.1) is 0 Å². The van der Waals surface area contributed by atoms with Crippen LogP contribution in [0.3, 0.4) is 0 Å². The highest BCUT2D eigenvalue weighted by molar-refractivity contribution is 5.84. The average Bonchev–Trinajstić information content (AvgIpc) is 3.10. The summed E-state index contributed by atoms with van der Waals surface area (Å²) in [7, 11) is 0. The number of aromatic hydroxyl groups is 1. The first-order chi connectivity index (χ1) is 14.3. The zero-order valence-corrected chi connectivity index (χ0v) is 18.2. The Morgan fingerprint density at radius 2 is 1.93 bits per heavy atom. The molecule has 0 amide bonds. The maximum Gasteiger partial charge on any atom is 0.226 e. The van der Waals surface area contributed by atoms with Crippen LogP contribution in [0, 0.1) is 6.92 Å². The predicted octanol–water partition coefficient (Wildman–Crippen LogP) is 3.83. The van der Waals surface area contributed by atoms with Crippen molar-refractivity contribution in [2.45, 2.75) is 65.6 Å². The van der Waals surface area contributed by atoms with Gasteiger partial charge in [-0.25, -0.2) is 4.98 Å². The zero-order valence-electron chi connectivity index (χ0n) is 18.2. The van der Waals surface area contributed by atoms with E-state index in [9.17, 15) is 10.2 Å². The molecule has 0 radical (unpaired) electrons. The number of aliphatic hydroxyl groups is 1. The van der Waals surface area contributed by atoms with Crippen LogP contribution >= 0.6 is 0 Å². The maximum absolute atomic E-state index is 10.1. The van der Waals surface area contributed by atoms with Crippen molar-refractivity contribution in [3.05, 3.63) is 35.7 Å². The van der Waals surface area contributed by atoms with Crippen LogP contribution < -0.4 is 10.6 Å². The van der Waals surface area contributed by atoms with Crippen molar-refractivity contribution in [2.75, 3.05) is 17.2 Å². The first-order valence-corrected chi connectivity index (χ1v) is 10.5. The lowest BCUT2D eigenvalue weighted by atomic mass is 10.1. The van der Waals surface area contributed by atoms with E-state index >= 15 is 0 Å². The summed E-state index contributed by atoms with van der Waals surface area (Å²) in [6.07, 6.45) is 5.14. The van der Waals surface area contributed by atoms with Gasteiger partial charge < -0.3 is 25.4 Å². The molecule has 2 heterocycles.